The van der Waals surface area contributed by atoms with Gasteiger partial charge >= 0.3 is 12.1 Å². The highest BCUT2D eigenvalue weighted by molar-refractivity contribution is 5.70. The van der Waals surface area contributed by atoms with E-state index in [0.717, 1.165) is 24.4 Å². The predicted octanol–water partition coefficient (Wildman–Crippen LogP) is 4.73. The molecule has 6 atom stereocenters. The van der Waals surface area contributed by atoms with E-state index in [1.165, 1.54) is 0 Å². The van der Waals surface area contributed by atoms with Crippen molar-refractivity contribution < 1.29 is 24.2 Å². The standard InChI is InChI=1S/C31H45N3O5/c1-22(27-11-6-7-16-32-27)9-8-10-24(3)30-25(4)13-15-28(23(2)12-14-26(35)21-29(36)39-30)38-31(37)34-19-17-33(5)18-20-34/h6-11,13,15-16,22-23,25-26,28,30,35H,12,14,17-21H2,1-5H3/b9-8+,15-13-,24-10+/t22-,23+,25-,26-,28-,30+/m0/s1. The maximum absolute atomic E-state index is 12.9. The van der Waals surface area contributed by atoms with Crippen molar-refractivity contribution in [2.75, 3.05) is 33.2 Å². The lowest BCUT2D eigenvalue weighted by atomic mass is 9.92. The number of piperazine rings is 1. The number of hydrogen-bond donors (Lipinski definition) is 1. The number of aliphatic hydroxyl groups excluding tert-OH is 1. The monoisotopic (exact) mass is 539 g/mol. The van der Waals surface area contributed by atoms with Crippen LogP contribution in [0.5, 0.6) is 0 Å². The predicted molar refractivity (Wildman–Crippen MR) is 152 cm³/mol. The zero-order chi connectivity index (χ0) is 28.4. The Hall–Kier alpha value is -2.97. The quantitative estimate of drug-likeness (QED) is 0.329. The van der Waals surface area contributed by atoms with Crippen LogP contribution in [0.15, 0.2) is 60.3 Å². The zero-order valence-electron chi connectivity index (χ0n) is 24.0. The Bertz CT molecular complexity index is 1020. The summed E-state index contributed by atoms with van der Waals surface area (Å²) in [6.07, 6.45) is 10.6. The molecule has 0 spiro atoms. The summed E-state index contributed by atoms with van der Waals surface area (Å²) in [4.78, 5) is 34.0. The van der Waals surface area contributed by atoms with Crippen molar-refractivity contribution >= 4 is 12.1 Å². The van der Waals surface area contributed by atoms with Crippen molar-refractivity contribution in [3.05, 3.63) is 66.0 Å². The summed E-state index contributed by atoms with van der Waals surface area (Å²) >= 11 is 0. The number of likely N-dealkylation sites (N-methyl/N-ethyl adjacent to an activating group) is 1. The SMILES string of the molecule is C/C(=C\C=C\[C@H](C)c1ccccn1)[C@H]1OC(=O)C[C@@H](O)CC[C@@H](C)[C@@H](OC(=O)N2CCN(C)CC2)/C=C\[C@@H]1C. The summed E-state index contributed by atoms with van der Waals surface area (Å²) in [5.41, 5.74) is 1.87. The van der Waals surface area contributed by atoms with Gasteiger partial charge in [-0.2, -0.15) is 0 Å². The summed E-state index contributed by atoms with van der Waals surface area (Å²) in [5, 5.41) is 10.5. The van der Waals surface area contributed by atoms with Gasteiger partial charge in [-0.05, 0) is 56.5 Å². The number of carbonyl (C=O) groups is 2. The highest BCUT2D eigenvalue weighted by atomic mass is 16.6. The van der Waals surface area contributed by atoms with Gasteiger partial charge in [0.1, 0.15) is 12.2 Å². The molecule has 214 valence electrons. The number of ether oxygens (including phenoxy) is 2. The van der Waals surface area contributed by atoms with Crippen molar-refractivity contribution in [3.63, 3.8) is 0 Å². The molecule has 0 saturated carbocycles. The van der Waals surface area contributed by atoms with Gasteiger partial charge in [0.05, 0.1) is 12.5 Å². The first-order valence-electron chi connectivity index (χ1n) is 14.1. The molecule has 1 N–H and O–H groups in total. The number of allylic oxidation sites excluding steroid dienone is 3. The summed E-state index contributed by atoms with van der Waals surface area (Å²) in [7, 11) is 2.05. The van der Waals surface area contributed by atoms with Gasteiger partial charge in [0, 0.05) is 49.9 Å². The second-order valence-electron chi connectivity index (χ2n) is 11.0. The Balaban J connectivity index is 1.76. The van der Waals surface area contributed by atoms with Crippen LogP contribution in [0.25, 0.3) is 0 Å². The Morgan fingerprint density at radius 3 is 2.62 bits per heavy atom. The normalized spacial score (nSPS) is 29.7. The van der Waals surface area contributed by atoms with Crippen LogP contribution in [-0.4, -0.2) is 83.5 Å². The topological polar surface area (TPSA) is 92.2 Å². The van der Waals surface area contributed by atoms with Gasteiger partial charge in [-0.1, -0.05) is 51.1 Å². The van der Waals surface area contributed by atoms with E-state index in [1.54, 1.807) is 11.1 Å². The lowest BCUT2D eigenvalue weighted by molar-refractivity contribution is -0.151. The molecule has 3 rings (SSSR count). The molecule has 1 saturated heterocycles. The van der Waals surface area contributed by atoms with E-state index < -0.39 is 24.3 Å². The van der Waals surface area contributed by atoms with Gasteiger partial charge in [0.15, 0.2) is 0 Å². The number of amides is 1. The number of nitrogens with zero attached hydrogens (tertiary/aromatic N) is 3. The molecule has 0 aromatic carbocycles. The highest BCUT2D eigenvalue weighted by Crippen LogP contribution is 2.25. The van der Waals surface area contributed by atoms with Crippen molar-refractivity contribution in [1.82, 2.24) is 14.8 Å². The lowest BCUT2D eigenvalue weighted by Crippen LogP contribution is -2.48. The maximum Gasteiger partial charge on any atom is 0.410 e. The minimum absolute atomic E-state index is 0.0129. The second-order valence-corrected chi connectivity index (χ2v) is 11.0. The van der Waals surface area contributed by atoms with Crippen molar-refractivity contribution in [1.29, 1.82) is 0 Å². The van der Waals surface area contributed by atoms with Crippen LogP contribution in [0.2, 0.25) is 0 Å². The molecule has 1 fully saturated rings. The van der Waals surface area contributed by atoms with Gasteiger partial charge in [-0.3, -0.25) is 9.78 Å². The molecule has 0 aliphatic carbocycles. The van der Waals surface area contributed by atoms with Gasteiger partial charge in [0.25, 0.3) is 0 Å². The molecule has 39 heavy (non-hydrogen) atoms. The number of cyclic esters (lactones) is 1. The highest BCUT2D eigenvalue weighted by Gasteiger charge is 2.29. The fourth-order valence-corrected chi connectivity index (χ4v) is 4.84. The van der Waals surface area contributed by atoms with Gasteiger partial charge < -0.3 is 24.4 Å². The largest absolute Gasteiger partial charge is 0.457 e. The molecule has 2 aliphatic heterocycles. The van der Waals surface area contributed by atoms with Crippen LogP contribution in [0.1, 0.15) is 58.6 Å². The van der Waals surface area contributed by atoms with Crippen molar-refractivity contribution in [3.8, 4) is 0 Å². The first-order chi connectivity index (χ1) is 18.6. The molecule has 2 aliphatic rings. The number of rotatable bonds is 5. The Kier molecular flexibility index (Phi) is 11.7. The molecule has 1 aromatic rings. The van der Waals surface area contributed by atoms with E-state index in [0.29, 0.717) is 25.9 Å². The molecule has 0 unspecified atom stereocenters. The smallest absolute Gasteiger partial charge is 0.410 e. The van der Waals surface area contributed by atoms with E-state index in [-0.39, 0.29) is 30.3 Å². The first kappa shape index (κ1) is 30.6. The van der Waals surface area contributed by atoms with Crippen LogP contribution in [-0.2, 0) is 14.3 Å². The molecule has 1 amide bonds. The lowest BCUT2D eigenvalue weighted by Gasteiger charge is -2.33. The summed E-state index contributed by atoms with van der Waals surface area (Å²) < 4.78 is 11.8. The number of hydrogen-bond acceptors (Lipinski definition) is 7. The zero-order valence-corrected chi connectivity index (χ0v) is 24.0. The van der Waals surface area contributed by atoms with Crippen LogP contribution >= 0.6 is 0 Å². The maximum atomic E-state index is 12.9. The number of esters is 1. The van der Waals surface area contributed by atoms with Crippen molar-refractivity contribution in [2.45, 2.75) is 71.2 Å². The molecule has 8 nitrogen and oxygen atoms in total. The summed E-state index contributed by atoms with van der Waals surface area (Å²) in [5.74, 6) is -0.460. The number of aliphatic hydroxyl groups is 1. The fraction of sp³-hybridized carbons (Fsp3) is 0.581. The minimum atomic E-state index is -0.809. The van der Waals surface area contributed by atoms with Gasteiger partial charge in [0.2, 0.25) is 0 Å². The molecule has 3 heterocycles. The van der Waals surface area contributed by atoms with Crippen LogP contribution in [0, 0.1) is 11.8 Å². The number of pyridine rings is 1. The van der Waals surface area contributed by atoms with Crippen LogP contribution in [0.3, 0.4) is 0 Å². The molecule has 1 aromatic heterocycles. The van der Waals surface area contributed by atoms with E-state index in [9.17, 15) is 14.7 Å². The second kappa shape index (κ2) is 15.0. The summed E-state index contributed by atoms with van der Waals surface area (Å²) in [6, 6.07) is 5.86. The van der Waals surface area contributed by atoms with Crippen molar-refractivity contribution in [2.24, 2.45) is 11.8 Å². The average molecular weight is 540 g/mol. The molecular formula is C31H45N3O5. The molecule has 0 bridgehead atoms. The Labute approximate surface area is 233 Å². The van der Waals surface area contributed by atoms with E-state index in [2.05, 4.69) is 22.9 Å². The Morgan fingerprint density at radius 2 is 1.92 bits per heavy atom. The third kappa shape index (κ3) is 9.62. The third-order valence-electron chi connectivity index (χ3n) is 7.62. The Morgan fingerprint density at radius 1 is 1.18 bits per heavy atom. The fourth-order valence-electron chi connectivity index (χ4n) is 4.84. The van der Waals surface area contributed by atoms with Crippen LogP contribution in [0.4, 0.5) is 4.79 Å². The molecule has 8 heteroatoms. The minimum Gasteiger partial charge on any atom is -0.457 e. The molecule has 0 radical (unpaired) electrons. The summed E-state index contributed by atoms with van der Waals surface area (Å²) in [6.45, 7) is 10.9. The van der Waals surface area contributed by atoms with Crippen LogP contribution < -0.4 is 0 Å². The van der Waals surface area contributed by atoms with E-state index in [4.69, 9.17) is 9.47 Å². The average Bonchev–Trinajstić information content (AvgIpc) is 2.92. The number of aromatic nitrogens is 1. The van der Waals surface area contributed by atoms with E-state index >= 15 is 0 Å². The van der Waals surface area contributed by atoms with Gasteiger partial charge in [-0.15, -0.1) is 0 Å². The first-order valence-corrected chi connectivity index (χ1v) is 14.1. The molecular weight excluding hydrogens is 494 g/mol. The third-order valence-corrected chi connectivity index (χ3v) is 7.62. The number of carbonyl (C=O) groups excluding carboxylic acids is 2. The van der Waals surface area contributed by atoms with Gasteiger partial charge in [-0.25, -0.2) is 4.79 Å². The van der Waals surface area contributed by atoms with E-state index in [1.807, 2.05) is 70.3 Å².